The van der Waals surface area contributed by atoms with E-state index in [0.29, 0.717) is 38.4 Å². The summed E-state index contributed by atoms with van der Waals surface area (Å²) in [6, 6.07) is 15.6. The number of amides is 2. The van der Waals surface area contributed by atoms with Crippen molar-refractivity contribution in [3.8, 4) is 11.3 Å². The van der Waals surface area contributed by atoms with Gasteiger partial charge >= 0.3 is 0 Å². The lowest BCUT2D eigenvalue weighted by Crippen LogP contribution is -2.50. The Balaban J connectivity index is 1.30. The molecule has 32 heavy (non-hydrogen) atoms. The van der Waals surface area contributed by atoms with E-state index < -0.39 is 0 Å². The summed E-state index contributed by atoms with van der Waals surface area (Å²) in [4.78, 5) is 29.2. The average molecular weight is 433 g/mol. The summed E-state index contributed by atoms with van der Waals surface area (Å²) in [5, 5.41) is 7.08. The zero-order valence-corrected chi connectivity index (χ0v) is 18.7. The molecule has 166 valence electrons. The van der Waals surface area contributed by atoms with Gasteiger partial charge in [0.25, 0.3) is 5.91 Å². The standard InChI is InChI=1S/C25H28N4O3/c1-17-7-9-20(10-8-17)21-15-22(32-27-21)25(31)29-13-11-28(12-14-29)16-23(30)26-24-18(2)5-4-6-19(24)3/h4-10,15H,11-14,16H2,1-3H3,(H,26,30). The molecule has 7 nitrogen and oxygen atoms in total. The number of hydrogen-bond donors (Lipinski definition) is 1. The van der Waals surface area contributed by atoms with E-state index in [4.69, 9.17) is 4.52 Å². The molecule has 7 heteroatoms. The van der Waals surface area contributed by atoms with Gasteiger partial charge in [-0.25, -0.2) is 0 Å². The van der Waals surface area contributed by atoms with Crippen LogP contribution < -0.4 is 5.32 Å². The summed E-state index contributed by atoms with van der Waals surface area (Å²) < 4.78 is 5.33. The molecule has 3 aromatic rings. The Morgan fingerprint density at radius 3 is 2.28 bits per heavy atom. The highest BCUT2D eigenvalue weighted by Crippen LogP contribution is 2.21. The van der Waals surface area contributed by atoms with Crippen molar-refractivity contribution in [1.82, 2.24) is 15.0 Å². The van der Waals surface area contributed by atoms with Crippen LogP contribution in [0.2, 0.25) is 0 Å². The van der Waals surface area contributed by atoms with Crippen molar-refractivity contribution in [3.63, 3.8) is 0 Å². The number of benzene rings is 2. The minimum absolute atomic E-state index is 0.0415. The lowest BCUT2D eigenvalue weighted by molar-refractivity contribution is -0.117. The quantitative estimate of drug-likeness (QED) is 0.666. The largest absolute Gasteiger partial charge is 0.350 e. The summed E-state index contributed by atoms with van der Waals surface area (Å²) in [6.45, 7) is 8.63. The third-order valence-electron chi connectivity index (χ3n) is 5.84. The highest BCUT2D eigenvalue weighted by atomic mass is 16.5. The number of para-hydroxylation sites is 1. The molecule has 0 aliphatic carbocycles. The number of nitrogens with zero attached hydrogens (tertiary/aromatic N) is 3. The van der Waals surface area contributed by atoms with E-state index in [2.05, 4.69) is 15.4 Å². The van der Waals surface area contributed by atoms with Gasteiger partial charge in [0, 0.05) is 43.5 Å². The molecule has 2 heterocycles. The number of nitrogens with one attached hydrogen (secondary N) is 1. The molecule has 1 aliphatic rings. The Morgan fingerprint density at radius 1 is 0.969 bits per heavy atom. The predicted octanol–water partition coefficient (Wildman–Crippen LogP) is 3.66. The second-order valence-electron chi connectivity index (χ2n) is 8.33. The molecule has 0 radical (unpaired) electrons. The van der Waals surface area contributed by atoms with Crippen LogP contribution in [0, 0.1) is 20.8 Å². The molecular weight excluding hydrogens is 404 g/mol. The fourth-order valence-electron chi connectivity index (χ4n) is 3.89. The number of aromatic nitrogens is 1. The minimum atomic E-state index is -0.171. The molecule has 1 aromatic heterocycles. The van der Waals surface area contributed by atoms with Crippen molar-refractivity contribution in [1.29, 1.82) is 0 Å². The van der Waals surface area contributed by atoms with Crippen LogP contribution in [0.25, 0.3) is 11.3 Å². The molecule has 1 aliphatic heterocycles. The first-order chi connectivity index (χ1) is 15.4. The van der Waals surface area contributed by atoms with E-state index in [9.17, 15) is 9.59 Å². The monoisotopic (exact) mass is 432 g/mol. The summed E-state index contributed by atoms with van der Waals surface area (Å²) in [5.41, 5.74) is 5.69. The first kappa shape index (κ1) is 21.8. The maximum absolute atomic E-state index is 12.8. The highest BCUT2D eigenvalue weighted by molar-refractivity contribution is 5.94. The summed E-state index contributed by atoms with van der Waals surface area (Å²) in [7, 11) is 0. The predicted molar refractivity (Wildman–Crippen MR) is 124 cm³/mol. The van der Waals surface area contributed by atoms with Gasteiger partial charge in [0.05, 0.1) is 6.54 Å². The maximum Gasteiger partial charge on any atom is 0.292 e. The van der Waals surface area contributed by atoms with Gasteiger partial charge in [-0.05, 0) is 31.9 Å². The van der Waals surface area contributed by atoms with Crippen molar-refractivity contribution >= 4 is 17.5 Å². The second-order valence-corrected chi connectivity index (χ2v) is 8.33. The van der Waals surface area contributed by atoms with Crippen LogP contribution >= 0.6 is 0 Å². The van der Waals surface area contributed by atoms with E-state index >= 15 is 0 Å². The summed E-state index contributed by atoms with van der Waals surface area (Å²) in [6.07, 6.45) is 0. The molecule has 1 N–H and O–H groups in total. The molecule has 1 fully saturated rings. The number of anilines is 1. The number of carbonyl (C=O) groups is 2. The maximum atomic E-state index is 12.8. The van der Waals surface area contributed by atoms with Crippen molar-refractivity contribution in [2.45, 2.75) is 20.8 Å². The van der Waals surface area contributed by atoms with Gasteiger partial charge in [-0.2, -0.15) is 0 Å². The number of piperazine rings is 1. The number of hydrogen-bond acceptors (Lipinski definition) is 5. The van der Waals surface area contributed by atoms with Crippen molar-refractivity contribution < 1.29 is 14.1 Å². The normalized spacial score (nSPS) is 14.4. The van der Waals surface area contributed by atoms with Crippen LogP contribution in [0.15, 0.2) is 53.1 Å². The topological polar surface area (TPSA) is 78.7 Å². The summed E-state index contributed by atoms with van der Waals surface area (Å²) >= 11 is 0. The van der Waals surface area contributed by atoms with Crippen LogP contribution in [-0.2, 0) is 4.79 Å². The van der Waals surface area contributed by atoms with Gasteiger partial charge < -0.3 is 14.7 Å². The Labute approximate surface area is 188 Å². The average Bonchev–Trinajstić information content (AvgIpc) is 3.27. The van der Waals surface area contributed by atoms with E-state index in [1.165, 1.54) is 0 Å². The van der Waals surface area contributed by atoms with Crippen LogP contribution in [0.3, 0.4) is 0 Å². The Morgan fingerprint density at radius 2 is 1.62 bits per heavy atom. The smallest absolute Gasteiger partial charge is 0.292 e. The molecule has 0 unspecified atom stereocenters. The van der Waals surface area contributed by atoms with Crippen LogP contribution in [-0.4, -0.2) is 59.5 Å². The fourth-order valence-corrected chi connectivity index (χ4v) is 3.89. The molecule has 1 saturated heterocycles. The Bertz CT molecular complexity index is 1090. The Hall–Kier alpha value is -3.45. The van der Waals surface area contributed by atoms with Gasteiger partial charge in [-0.3, -0.25) is 14.5 Å². The second kappa shape index (κ2) is 9.36. The van der Waals surface area contributed by atoms with E-state index in [0.717, 1.165) is 27.9 Å². The molecule has 0 bridgehead atoms. The number of aryl methyl sites for hydroxylation is 3. The van der Waals surface area contributed by atoms with Crippen molar-refractivity contribution in [2.24, 2.45) is 0 Å². The number of rotatable bonds is 5. The van der Waals surface area contributed by atoms with Gasteiger partial charge in [0.2, 0.25) is 11.7 Å². The van der Waals surface area contributed by atoms with Crippen LogP contribution in [0.5, 0.6) is 0 Å². The van der Waals surface area contributed by atoms with Crippen LogP contribution in [0.1, 0.15) is 27.2 Å². The van der Waals surface area contributed by atoms with Gasteiger partial charge in [-0.1, -0.05) is 53.2 Å². The summed E-state index contributed by atoms with van der Waals surface area (Å²) in [5.74, 6) is 0.0254. The molecule has 4 rings (SSSR count). The SMILES string of the molecule is Cc1ccc(-c2cc(C(=O)N3CCN(CC(=O)Nc4c(C)cccc4C)CC3)on2)cc1. The molecule has 0 saturated carbocycles. The minimum Gasteiger partial charge on any atom is -0.350 e. The molecule has 2 aromatic carbocycles. The lowest BCUT2D eigenvalue weighted by atomic mass is 10.1. The zero-order chi connectivity index (χ0) is 22.7. The van der Waals surface area contributed by atoms with Crippen LogP contribution in [0.4, 0.5) is 5.69 Å². The van der Waals surface area contributed by atoms with Crippen molar-refractivity contribution in [3.05, 3.63) is 71.0 Å². The Kier molecular flexibility index (Phi) is 6.37. The van der Waals surface area contributed by atoms with Gasteiger partial charge in [-0.15, -0.1) is 0 Å². The molecule has 0 spiro atoms. The van der Waals surface area contributed by atoms with E-state index in [1.54, 1.807) is 11.0 Å². The molecular formula is C25H28N4O3. The van der Waals surface area contributed by atoms with Gasteiger partial charge in [0.1, 0.15) is 5.69 Å². The first-order valence-corrected chi connectivity index (χ1v) is 10.8. The zero-order valence-electron chi connectivity index (χ0n) is 18.7. The van der Waals surface area contributed by atoms with E-state index in [-0.39, 0.29) is 17.6 Å². The molecule has 2 amide bonds. The first-order valence-electron chi connectivity index (χ1n) is 10.8. The van der Waals surface area contributed by atoms with Gasteiger partial charge in [0.15, 0.2) is 0 Å². The third-order valence-corrected chi connectivity index (χ3v) is 5.84. The molecule has 0 atom stereocenters. The fraction of sp³-hybridized carbons (Fsp3) is 0.320. The highest BCUT2D eigenvalue weighted by Gasteiger charge is 2.26. The lowest BCUT2D eigenvalue weighted by Gasteiger charge is -2.33. The third kappa shape index (κ3) is 4.89. The van der Waals surface area contributed by atoms with Crippen molar-refractivity contribution in [2.75, 3.05) is 38.0 Å². The van der Waals surface area contributed by atoms with E-state index in [1.807, 2.05) is 63.2 Å². The number of carbonyl (C=O) groups excluding carboxylic acids is 2.